The molecule has 1 aromatic rings. The number of carbonyl (C=O) groups is 1. The van der Waals surface area contributed by atoms with E-state index in [2.05, 4.69) is 5.32 Å². The molecule has 1 aliphatic rings. The maximum Gasteiger partial charge on any atom is 0.222 e. The average Bonchev–Trinajstić information content (AvgIpc) is 2.35. The Kier molecular flexibility index (Phi) is 3.99. The van der Waals surface area contributed by atoms with Crippen molar-refractivity contribution in [3.05, 3.63) is 35.4 Å². The fourth-order valence-corrected chi connectivity index (χ4v) is 2.23. The predicted octanol–water partition coefficient (Wildman–Crippen LogP) is 1.07. The summed E-state index contributed by atoms with van der Waals surface area (Å²) in [5.41, 5.74) is 7.61. The predicted molar refractivity (Wildman–Crippen MR) is 69.6 cm³/mol. The maximum absolute atomic E-state index is 11.7. The summed E-state index contributed by atoms with van der Waals surface area (Å²) in [6.45, 7) is 0.510. The number of carbonyl (C=O) groups excluding carboxylic acids is 1. The maximum atomic E-state index is 11.7. The second kappa shape index (κ2) is 5.50. The van der Waals surface area contributed by atoms with Crippen LogP contribution in [0.1, 0.15) is 36.8 Å². The van der Waals surface area contributed by atoms with Gasteiger partial charge in [-0.3, -0.25) is 4.79 Å². The van der Waals surface area contributed by atoms with Crippen LogP contribution >= 0.6 is 0 Å². The van der Waals surface area contributed by atoms with Crippen LogP contribution in [-0.4, -0.2) is 16.6 Å². The van der Waals surface area contributed by atoms with Gasteiger partial charge in [-0.2, -0.15) is 0 Å². The SMILES string of the molecule is NC1(CC(=O)NCc2cccc(CO)c2)CCC1. The van der Waals surface area contributed by atoms with Gasteiger partial charge in [-0.15, -0.1) is 0 Å². The molecule has 1 saturated carbocycles. The first-order chi connectivity index (χ1) is 8.61. The quantitative estimate of drug-likeness (QED) is 0.729. The van der Waals surface area contributed by atoms with Crippen molar-refractivity contribution in [3.8, 4) is 0 Å². The minimum absolute atomic E-state index is 0.00611. The minimum Gasteiger partial charge on any atom is -0.392 e. The Morgan fingerprint density at radius 3 is 2.72 bits per heavy atom. The van der Waals surface area contributed by atoms with Gasteiger partial charge >= 0.3 is 0 Å². The van der Waals surface area contributed by atoms with E-state index >= 15 is 0 Å². The molecule has 1 aliphatic carbocycles. The van der Waals surface area contributed by atoms with E-state index in [4.69, 9.17) is 10.8 Å². The summed E-state index contributed by atoms with van der Waals surface area (Å²) in [5.74, 6) is 0.00611. The number of benzene rings is 1. The highest BCUT2D eigenvalue weighted by Crippen LogP contribution is 2.31. The van der Waals surface area contributed by atoms with Gasteiger partial charge in [0.05, 0.1) is 6.61 Å². The minimum atomic E-state index is -0.267. The van der Waals surface area contributed by atoms with Crippen LogP contribution < -0.4 is 11.1 Å². The highest BCUT2D eigenvalue weighted by atomic mass is 16.3. The van der Waals surface area contributed by atoms with Crippen molar-refractivity contribution < 1.29 is 9.90 Å². The molecule has 0 aromatic heterocycles. The van der Waals surface area contributed by atoms with E-state index in [-0.39, 0.29) is 18.1 Å². The van der Waals surface area contributed by atoms with Gasteiger partial charge in [-0.25, -0.2) is 0 Å². The fourth-order valence-electron chi connectivity index (χ4n) is 2.23. The molecule has 0 bridgehead atoms. The molecule has 1 aromatic carbocycles. The lowest BCUT2D eigenvalue weighted by Crippen LogP contribution is -2.49. The third-order valence-corrected chi connectivity index (χ3v) is 3.53. The van der Waals surface area contributed by atoms with E-state index in [1.54, 1.807) is 0 Å². The summed E-state index contributed by atoms with van der Waals surface area (Å²) in [5, 5.41) is 11.9. The van der Waals surface area contributed by atoms with Gasteiger partial charge in [-0.1, -0.05) is 24.3 Å². The van der Waals surface area contributed by atoms with Gasteiger partial charge in [0.25, 0.3) is 0 Å². The highest BCUT2D eigenvalue weighted by molar-refractivity contribution is 5.77. The van der Waals surface area contributed by atoms with E-state index < -0.39 is 0 Å². The first-order valence-corrected chi connectivity index (χ1v) is 6.36. The van der Waals surface area contributed by atoms with Crippen molar-refractivity contribution in [2.45, 2.75) is 44.4 Å². The average molecular weight is 248 g/mol. The molecule has 98 valence electrons. The lowest BCUT2D eigenvalue weighted by Gasteiger charge is -2.37. The first-order valence-electron chi connectivity index (χ1n) is 6.36. The fraction of sp³-hybridized carbons (Fsp3) is 0.500. The molecule has 1 amide bonds. The van der Waals surface area contributed by atoms with Crippen LogP contribution in [0.5, 0.6) is 0 Å². The smallest absolute Gasteiger partial charge is 0.222 e. The zero-order valence-corrected chi connectivity index (χ0v) is 10.5. The number of aliphatic hydroxyl groups excluding tert-OH is 1. The molecule has 0 aliphatic heterocycles. The molecule has 0 atom stereocenters. The molecule has 4 N–H and O–H groups in total. The normalized spacial score (nSPS) is 17.0. The zero-order chi connectivity index (χ0) is 13.0. The molecule has 0 radical (unpaired) electrons. The number of nitrogens with one attached hydrogen (secondary N) is 1. The molecule has 0 spiro atoms. The zero-order valence-electron chi connectivity index (χ0n) is 10.5. The van der Waals surface area contributed by atoms with E-state index in [1.807, 2.05) is 24.3 Å². The summed E-state index contributed by atoms with van der Waals surface area (Å²) in [6.07, 6.45) is 3.43. The lowest BCUT2D eigenvalue weighted by atomic mass is 9.75. The number of hydrogen-bond acceptors (Lipinski definition) is 3. The Hall–Kier alpha value is -1.39. The van der Waals surface area contributed by atoms with Gasteiger partial charge in [0.1, 0.15) is 0 Å². The molecule has 2 rings (SSSR count). The summed E-state index contributed by atoms with van der Waals surface area (Å²) >= 11 is 0. The second-order valence-electron chi connectivity index (χ2n) is 5.15. The standard InChI is InChI=1S/C14H20N2O2/c15-14(5-2-6-14)8-13(18)16-9-11-3-1-4-12(7-11)10-17/h1,3-4,7,17H,2,5-6,8-10,15H2,(H,16,18). The molecule has 0 heterocycles. The van der Waals surface area contributed by atoms with Crippen LogP contribution in [0.3, 0.4) is 0 Å². The van der Waals surface area contributed by atoms with Crippen molar-refractivity contribution in [3.63, 3.8) is 0 Å². The van der Waals surface area contributed by atoms with E-state index in [0.29, 0.717) is 13.0 Å². The van der Waals surface area contributed by atoms with Crippen molar-refractivity contribution in [2.24, 2.45) is 5.73 Å². The van der Waals surface area contributed by atoms with Gasteiger partial charge < -0.3 is 16.2 Å². The monoisotopic (exact) mass is 248 g/mol. The number of rotatable bonds is 5. The van der Waals surface area contributed by atoms with Crippen LogP contribution in [0.2, 0.25) is 0 Å². The van der Waals surface area contributed by atoms with Gasteiger partial charge in [0.2, 0.25) is 5.91 Å². The van der Waals surface area contributed by atoms with E-state index in [0.717, 1.165) is 30.4 Å². The Bertz CT molecular complexity index is 428. The van der Waals surface area contributed by atoms with Crippen LogP contribution in [0.15, 0.2) is 24.3 Å². The molecule has 1 fully saturated rings. The Labute approximate surface area is 107 Å². The highest BCUT2D eigenvalue weighted by Gasteiger charge is 2.34. The second-order valence-corrected chi connectivity index (χ2v) is 5.15. The van der Waals surface area contributed by atoms with E-state index in [9.17, 15) is 4.79 Å². The molecular weight excluding hydrogens is 228 g/mol. The van der Waals surface area contributed by atoms with Crippen molar-refractivity contribution in [1.29, 1.82) is 0 Å². The van der Waals surface area contributed by atoms with Crippen molar-refractivity contribution in [2.75, 3.05) is 0 Å². The summed E-state index contributed by atoms with van der Waals surface area (Å²) in [4.78, 5) is 11.7. The summed E-state index contributed by atoms with van der Waals surface area (Å²) in [6, 6.07) is 7.56. The van der Waals surface area contributed by atoms with Crippen LogP contribution in [0.25, 0.3) is 0 Å². The molecule has 4 heteroatoms. The first kappa shape index (κ1) is 13.1. The Balaban J connectivity index is 1.81. The largest absolute Gasteiger partial charge is 0.392 e. The molecule has 0 unspecified atom stereocenters. The molecule has 0 saturated heterocycles. The number of nitrogens with two attached hydrogens (primary N) is 1. The van der Waals surface area contributed by atoms with Crippen LogP contribution in [-0.2, 0) is 17.9 Å². The Morgan fingerprint density at radius 1 is 1.39 bits per heavy atom. The number of aliphatic hydroxyl groups is 1. The van der Waals surface area contributed by atoms with Crippen molar-refractivity contribution in [1.82, 2.24) is 5.32 Å². The van der Waals surface area contributed by atoms with Gasteiger partial charge in [0, 0.05) is 18.5 Å². The topological polar surface area (TPSA) is 75.4 Å². The summed E-state index contributed by atoms with van der Waals surface area (Å²) < 4.78 is 0. The van der Waals surface area contributed by atoms with E-state index in [1.165, 1.54) is 0 Å². The lowest BCUT2D eigenvalue weighted by molar-refractivity contribution is -0.123. The molecule has 4 nitrogen and oxygen atoms in total. The number of hydrogen-bond donors (Lipinski definition) is 3. The number of amides is 1. The molecule has 18 heavy (non-hydrogen) atoms. The van der Waals surface area contributed by atoms with Crippen LogP contribution in [0.4, 0.5) is 0 Å². The van der Waals surface area contributed by atoms with Crippen molar-refractivity contribution >= 4 is 5.91 Å². The summed E-state index contributed by atoms with van der Waals surface area (Å²) in [7, 11) is 0. The Morgan fingerprint density at radius 2 is 2.11 bits per heavy atom. The third kappa shape index (κ3) is 3.31. The van der Waals surface area contributed by atoms with Gasteiger partial charge in [-0.05, 0) is 30.4 Å². The van der Waals surface area contributed by atoms with Crippen LogP contribution in [0, 0.1) is 0 Å². The van der Waals surface area contributed by atoms with Gasteiger partial charge in [0.15, 0.2) is 0 Å². The molecular formula is C14H20N2O2. The third-order valence-electron chi connectivity index (χ3n) is 3.53.